The highest BCUT2D eigenvalue weighted by Crippen LogP contribution is 2.33. The highest BCUT2D eigenvalue weighted by Gasteiger charge is 2.33. The second-order valence-electron chi connectivity index (χ2n) is 6.03. The zero-order chi connectivity index (χ0) is 17.5. The monoisotopic (exact) mass is 365 g/mol. The molecule has 2 aliphatic rings. The average Bonchev–Trinajstić information content (AvgIpc) is 3.12. The maximum atomic E-state index is 12.1. The lowest BCUT2D eigenvalue weighted by molar-refractivity contribution is -0.119. The van der Waals surface area contributed by atoms with Crippen molar-refractivity contribution in [2.24, 2.45) is 0 Å². The minimum atomic E-state index is -0.365. The molecule has 2 aliphatic heterocycles. The largest absolute Gasteiger partial charge is 0.454 e. The second-order valence-corrected chi connectivity index (χ2v) is 7.26. The molecule has 0 aliphatic carbocycles. The van der Waals surface area contributed by atoms with Gasteiger partial charge >= 0.3 is 0 Å². The van der Waals surface area contributed by atoms with Gasteiger partial charge in [-0.3, -0.25) is 4.79 Å². The van der Waals surface area contributed by atoms with E-state index >= 15 is 0 Å². The standard InChI is InChI=1S/C18H23NO5S/c20-7-8-24-18(5-9-25-10-6-18)12-19-17(21)4-2-14-1-3-15-16(11-14)23-13-22-15/h1-4,11,20H,5-10,12-13H2,(H,19,21)/b4-2+. The van der Waals surface area contributed by atoms with Crippen molar-refractivity contribution in [1.29, 1.82) is 0 Å². The Balaban J connectivity index is 1.54. The van der Waals surface area contributed by atoms with E-state index in [9.17, 15) is 4.79 Å². The predicted molar refractivity (Wildman–Crippen MR) is 96.9 cm³/mol. The maximum Gasteiger partial charge on any atom is 0.244 e. The van der Waals surface area contributed by atoms with E-state index in [4.69, 9.17) is 19.3 Å². The lowest BCUT2D eigenvalue weighted by Gasteiger charge is -2.36. The van der Waals surface area contributed by atoms with Crippen LogP contribution in [-0.4, -0.2) is 54.7 Å². The summed E-state index contributed by atoms with van der Waals surface area (Å²) < 4.78 is 16.4. The minimum absolute atomic E-state index is 0.00709. The number of rotatable bonds is 7. The number of hydrogen-bond acceptors (Lipinski definition) is 6. The molecule has 0 atom stereocenters. The number of benzene rings is 1. The summed E-state index contributed by atoms with van der Waals surface area (Å²) >= 11 is 1.89. The van der Waals surface area contributed by atoms with Crippen LogP contribution in [0.15, 0.2) is 24.3 Å². The van der Waals surface area contributed by atoms with Crippen molar-refractivity contribution < 1.29 is 24.1 Å². The van der Waals surface area contributed by atoms with Gasteiger partial charge in [0.15, 0.2) is 11.5 Å². The Morgan fingerprint density at radius 1 is 1.32 bits per heavy atom. The molecular weight excluding hydrogens is 342 g/mol. The Morgan fingerprint density at radius 2 is 2.12 bits per heavy atom. The molecule has 1 amide bonds. The van der Waals surface area contributed by atoms with Gasteiger partial charge in [-0.1, -0.05) is 6.07 Å². The number of carbonyl (C=O) groups excluding carboxylic acids is 1. The van der Waals surface area contributed by atoms with Gasteiger partial charge in [0.2, 0.25) is 12.7 Å². The zero-order valence-corrected chi connectivity index (χ0v) is 14.8. The van der Waals surface area contributed by atoms with E-state index in [-0.39, 0.29) is 24.9 Å². The van der Waals surface area contributed by atoms with Crippen LogP contribution in [0.1, 0.15) is 18.4 Å². The van der Waals surface area contributed by atoms with E-state index < -0.39 is 0 Å². The van der Waals surface area contributed by atoms with Crippen molar-refractivity contribution in [3.63, 3.8) is 0 Å². The molecular formula is C18H23NO5S. The van der Waals surface area contributed by atoms with Crippen LogP contribution in [-0.2, 0) is 9.53 Å². The third kappa shape index (κ3) is 4.90. The first-order valence-corrected chi connectivity index (χ1v) is 9.54. The van der Waals surface area contributed by atoms with Gasteiger partial charge in [0, 0.05) is 12.6 Å². The number of hydrogen-bond donors (Lipinski definition) is 2. The van der Waals surface area contributed by atoms with Crippen LogP contribution in [0.4, 0.5) is 0 Å². The number of ether oxygens (including phenoxy) is 3. The van der Waals surface area contributed by atoms with Crippen molar-refractivity contribution in [3.05, 3.63) is 29.8 Å². The first kappa shape index (κ1) is 18.1. The number of aliphatic hydroxyl groups excluding tert-OH is 1. The van der Waals surface area contributed by atoms with E-state index in [0.717, 1.165) is 35.7 Å². The Kier molecular flexibility index (Phi) is 6.23. The molecule has 3 rings (SSSR count). The number of carbonyl (C=O) groups is 1. The summed E-state index contributed by atoms with van der Waals surface area (Å²) in [5.41, 5.74) is 0.510. The molecule has 0 saturated carbocycles. The number of nitrogens with one attached hydrogen (secondary N) is 1. The Bertz CT molecular complexity index is 628. The van der Waals surface area contributed by atoms with Crippen LogP contribution >= 0.6 is 11.8 Å². The summed E-state index contributed by atoms with van der Waals surface area (Å²) in [6, 6.07) is 5.55. The molecule has 2 N–H and O–H groups in total. The SMILES string of the molecule is O=C(/C=C/c1ccc2c(c1)OCO2)NCC1(OCCO)CCSCC1. The van der Waals surface area contributed by atoms with Crippen molar-refractivity contribution >= 4 is 23.7 Å². The van der Waals surface area contributed by atoms with Crippen LogP contribution in [0.3, 0.4) is 0 Å². The van der Waals surface area contributed by atoms with Crippen molar-refractivity contribution in [3.8, 4) is 11.5 Å². The van der Waals surface area contributed by atoms with Crippen molar-refractivity contribution in [2.75, 3.05) is 38.1 Å². The molecule has 25 heavy (non-hydrogen) atoms. The van der Waals surface area contributed by atoms with E-state index in [1.807, 2.05) is 30.0 Å². The molecule has 6 nitrogen and oxygen atoms in total. The lowest BCUT2D eigenvalue weighted by Crippen LogP contribution is -2.47. The fourth-order valence-electron chi connectivity index (χ4n) is 2.87. The molecule has 0 aromatic heterocycles. The van der Waals surface area contributed by atoms with Gasteiger partial charge in [-0.2, -0.15) is 11.8 Å². The van der Waals surface area contributed by atoms with Gasteiger partial charge in [0.05, 0.1) is 18.8 Å². The van der Waals surface area contributed by atoms with Crippen LogP contribution in [0.25, 0.3) is 6.08 Å². The molecule has 2 heterocycles. The summed E-state index contributed by atoms with van der Waals surface area (Å²) in [6.07, 6.45) is 5.01. The summed E-state index contributed by atoms with van der Waals surface area (Å²) in [4.78, 5) is 12.1. The lowest BCUT2D eigenvalue weighted by atomic mass is 9.96. The van der Waals surface area contributed by atoms with Crippen molar-refractivity contribution in [2.45, 2.75) is 18.4 Å². The van der Waals surface area contributed by atoms with Crippen LogP contribution in [0.5, 0.6) is 11.5 Å². The van der Waals surface area contributed by atoms with E-state index in [2.05, 4.69) is 5.32 Å². The summed E-state index contributed by atoms with van der Waals surface area (Å²) in [7, 11) is 0. The minimum Gasteiger partial charge on any atom is -0.454 e. The predicted octanol–water partition coefficient (Wildman–Crippen LogP) is 1.82. The Hall–Kier alpha value is -1.70. The molecule has 1 fully saturated rings. The van der Waals surface area contributed by atoms with Gasteiger partial charge in [-0.15, -0.1) is 0 Å². The molecule has 0 radical (unpaired) electrons. The molecule has 136 valence electrons. The van der Waals surface area contributed by atoms with Crippen LogP contribution in [0, 0.1) is 0 Å². The molecule has 1 aromatic rings. The van der Waals surface area contributed by atoms with E-state index in [0.29, 0.717) is 18.9 Å². The first-order valence-electron chi connectivity index (χ1n) is 8.39. The zero-order valence-electron chi connectivity index (χ0n) is 14.0. The van der Waals surface area contributed by atoms with E-state index in [1.54, 1.807) is 6.08 Å². The van der Waals surface area contributed by atoms with Crippen LogP contribution in [0.2, 0.25) is 0 Å². The van der Waals surface area contributed by atoms with Crippen molar-refractivity contribution in [1.82, 2.24) is 5.32 Å². The number of thioether (sulfide) groups is 1. The topological polar surface area (TPSA) is 77.0 Å². The number of amides is 1. The summed E-state index contributed by atoms with van der Waals surface area (Å²) in [5.74, 6) is 3.27. The molecule has 0 unspecified atom stereocenters. The Labute approximate surface area is 151 Å². The van der Waals surface area contributed by atoms with Gasteiger partial charge < -0.3 is 24.6 Å². The van der Waals surface area contributed by atoms with Gasteiger partial charge in [-0.25, -0.2) is 0 Å². The third-order valence-electron chi connectivity index (χ3n) is 4.31. The smallest absolute Gasteiger partial charge is 0.244 e. The number of aliphatic hydroxyl groups is 1. The second kappa shape index (κ2) is 8.60. The molecule has 1 aromatic carbocycles. The fraction of sp³-hybridized carbons (Fsp3) is 0.500. The van der Waals surface area contributed by atoms with Gasteiger partial charge in [-0.05, 0) is 48.1 Å². The molecule has 7 heteroatoms. The average molecular weight is 365 g/mol. The molecule has 0 spiro atoms. The maximum absolute atomic E-state index is 12.1. The highest BCUT2D eigenvalue weighted by atomic mass is 32.2. The number of fused-ring (bicyclic) bond motifs is 1. The highest BCUT2D eigenvalue weighted by molar-refractivity contribution is 7.99. The first-order chi connectivity index (χ1) is 12.2. The van der Waals surface area contributed by atoms with Gasteiger partial charge in [0.1, 0.15) is 0 Å². The van der Waals surface area contributed by atoms with Gasteiger partial charge in [0.25, 0.3) is 0 Å². The fourth-order valence-corrected chi connectivity index (χ4v) is 4.11. The van der Waals surface area contributed by atoms with Crippen LogP contribution < -0.4 is 14.8 Å². The molecule has 0 bridgehead atoms. The quantitative estimate of drug-likeness (QED) is 0.718. The summed E-state index contributed by atoms with van der Waals surface area (Å²) in [6.45, 7) is 0.982. The third-order valence-corrected chi connectivity index (χ3v) is 5.30. The molecule has 1 saturated heterocycles. The normalized spacial score (nSPS) is 18.4. The Morgan fingerprint density at radius 3 is 2.92 bits per heavy atom. The summed E-state index contributed by atoms with van der Waals surface area (Å²) in [5, 5.41) is 11.9. The van der Waals surface area contributed by atoms with E-state index in [1.165, 1.54) is 6.08 Å².